The number of nitrogens with one attached hydrogen (secondary N) is 2. The Hall–Kier alpha value is -1.45. The third kappa shape index (κ3) is 2.86. The molecule has 18 heavy (non-hydrogen) atoms. The number of carboxylic acids is 1. The van der Waals surface area contributed by atoms with Crippen molar-refractivity contribution in [2.24, 2.45) is 0 Å². The fourth-order valence-electron chi connectivity index (χ4n) is 1.42. The Morgan fingerprint density at radius 2 is 2.17 bits per heavy atom. The van der Waals surface area contributed by atoms with Crippen LogP contribution in [0.25, 0.3) is 0 Å². The number of aromatic nitrogens is 2. The van der Waals surface area contributed by atoms with E-state index in [2.05, 4.69) is 14.9 Å². The number of aliphatic hydroxyl groups excluding tert-OH is 1. The zero-order valence-electron chi connectivity index (χ0n) is 9.97. The molecule has 1 aromatic heterocycles. The summed E-state index contributed by atoms with van der Waals surface area (Å²) in [5.41, 5.74) is -0.430. The quantitative estimate of drug-likeness (QED) is 0.552. The van der Waals surface area contributed by atoms with Crippen molar-refractivity contribution in [3.8, 4) is 0 Å². The molecule has 0 saturated carbocycles. The summed E-state index contributed by atoms with van der Waals surface area (Å²) in [4.78, 5) is 10.5. The largest absolute Gasteiger partial charge is 0.476 e. The number of H-pyrrole nitrogens is 1. The second-order valence-electron chi connectivity index (χ2n) is 3.74. The number of carboxylic acid groups (broad SMARTS) is 1. The van der Waals surface area contributed by atoms with Gasteiger partial charge in [0.15, 0.2) is 5.69 Å². The van der Waals surface area contributed by atoms with Gasteiger partial charge in [0, 0.05) is 6.04 Å². The van der Waals surface area contributed by atoms with E-state index in [-0.39, 0.29) is 12.3 Å². The molecule has 0 fully saturated rings. The highest BCUT2D eigenvalue weighted by atomic mass is 32.2. The summed E-state index contributed by atoms with van der Waals surface area (Å²) in [7, 11) is -4.03. The van der Waals surface area contributed by atoms with Crippen LogP contribution in [0.3, 0.4) is 0 Å². The van der Waals surface area contributed by atoms with Gasteiger partial charge in [-0.25, -0.2) is 17.9 Å². The van der Waals surface area contributed by atoms with E-state index in [1.807, 2.05) is 0 Å². The Bertz CT molecular complexity index is 532. The lowest BCUT2D eigenvalue weighted by molar-refractivity contribution is 0.0686. The molecule has 0 aliphatic carbocycles. The Morgan fingerprint density at radius 3 is 2.61 bits per heavy atom. The van der Waals surface area contributed by atoms with E-state index in [9.17, 15) is 13.2 Å². The molecular weight excluding hydrogens is 262 g/mol. The molecule has 0 unspecified atom stereocenters. The molecule has 0 aliphatic rings. The van der Waals surface area contributed by atoms with Gasteiger partial charge in [-0.3, -0.25) is 5.10 Å². The van der Waals surface area contributed by atoms with Crippen molar-refractivity contribution in [2.75, 3.05) is 6.61 Å². The summed E-state index contributed by atoms with van der Waals surface area (Å²) >= 11 is 0. The first kappa shape index (κ1) is 14.6. The minimum absolute atomic E-state index is 0.132. The second kappa shape index (κ2) is 5.46. The van der Waals surface area contributed by atoms with E-state index in [1.54, 1.807) is 6.92 Å². The van der Waals surface area contributed by atoms with E-state index in [1.165, 1.54) is 6.92 Å². The van der Waals surface area contributed by atoms with Gasteiger partial charge in [-0.15, -0.1) is 0 Å². The number of aromatic amines is 1. The number of aromatic carboxylic acids is 1. The highest BCUT2D eigenvalue weighted by Gasteiger charge is 2.29. The molecule has 102 valence electrons. The van der Waals surface area contributed by atoms with Gasteiger partial charge in [0.1, 0.15) is 4.90 Å². The van der Waals surface area contributed by atoms with Crippen molar-refractivity contribution in [1.29, 1.82) is 0 Å². The van der Waals surface area contributed by atoms with E-state index in [0.29, 0.717) is 6.42 Å². The smallest absolute Gasteiger partial charge is 0.357 e. The van der Waals surface area contributed by atoms with E-state index in [4.69, 9.17) is 10.2 Å². The fraction of sp³-hybridized carbons (Fsp3) is 0.556. The summed E-state index contributed by atoms with van der Waals surface area (Å²) in [6, 6.07) is -0.661. The predicted octanol–water partition coefficient (Wildman–Crippen LogP) is -0.534. The van der Waals surface area contributed by atoms with Crippen molar-refractivity contribution in [1.82, 2.24) is 14.9 Å². The van der Waals surface area contributed by atoms with E-state index in [0.717, 1.165) is 0 Å². The number of sulfonamides is 1. The maximum Gasteiger partial charge on any atom is 0.357 e. The van der Waals surface area contributed by atoms with Gasteiger partial charge >= 0.3 is 5.97 Å². The third-order valence-electron chi connectivity index (χ3n) is 2.40. The van der Waals surface area contributed by atoms with Crippen LogP contribution in [0.15, 0.2) is 4.90 Å². The van der Waals surface area contributed by atoms with Crippen molar-refractivity contribution >= 4 is 16.0 Å². The minimum Gasteiger partial charge on any atom is -0.476 e. The Labute approximate surface area is 104 Å². The molecule has 1 rings (SSSR count). The number of rotatable bonds is 6. The van der Waals surface area contributed by atoms with Crippen LogP contribution in [0.1, 0.15) is 29.5 Å². The van der Waals surface area contributed by atoms with Crippen LogP contribution in [0, 0.1) is 6.92 Å². The number of aliphatic hydroxyl groups is 1. The van der Waals surface area contributed by atoms with Crippen molar-refractivity contribution in [3.63, 3.8) is 0 Å². The first-order valence-corrected chi connectivity index (χ1v) is 6.73. The number of hydrogen-bond donors (Lipinski definition) is 4. The molecule has 1 aromatic rings. The highest BCUT2D eigenvalue weighted by Crippen LogP contribution is 2.18. The molecule has 0 bridgehead atoms. The molecule has 0 radical (unpaired) electrons. The SMILES string of the molecule is CC[C@H](CO)NS(=O)(=O)c1c(C(=O)O)n[nH]c1C. The predicted molar refractivity (Wildman–Crippen MR) is 61.8 cm³/mol. The molecule has 9 heteroatoms. The van der Waals surface area contributed by atoms with Crippen molar-refractivity contribution in [2.45, 2.75) is 31.2 Å². The van der Waals surface area contributed by atoms with Gasteiger partial charge in [0.05, 0.1) is 12.3 Å². The lowest BCUT2D eigenvalue weighted by Crippen LogP contribution is -2.37. The van der Waals surface area contributed by atoms with Crippen molar-refractivity contribution < 1.29 is 23.4 Å². The molecule has 0 aromatic carbocycles. The molecule has 0 spiro atoms. The van der Waals surface area contributed by atoms with Crippen LogP contribution in [-0.4, -0.2) is 47.4 Å². The van der Waals surface area contributed by atoms with Crippen LogP contribution < -0.4 is 4.72 Å². The average Bonchev–Trinajstić information content (AvgIpc) is 2.69. The summed E-state index contributed by atoms with van der Waals surface area (Å²) in [5.74, 6) is -1.43. The number of carbonyl (C=O) groups is 1. The Kier molecular flexibility index (Phi) is 4.43. The van der Waals surface area contributed by atoms with Crippen LogP contribution in [0.5, 0.6) is 0 Å². The van der Waals surface area contributed by atoms with E-state index >= 15 is 0 Å². The summed E-state index contributed by atoms with van der Waals surface area (Å²) in [5, 5.41) is 23.6. The van der Waals surface area contributed by atoms with Gasteiger partial charge < -0.3 is 10.2 Å². The van der Waals surface area contributed by atoms with Gasteiger partial charge in [-0.2, -0.15) is 5.10 Å². The molecule has 1 atom stereocenters. The summed E-state index contributed by atoms with van der Waals surface area (Å²) in [6.07, 6.45) is 0.384. The summed E-state index contributed by atoms with van der Waals surface area (Å²) < 4.78 is 26.3. The maximum atomic E-state index is 12.0. The standard InChI is InChI=1S/C9H15N3O5S/c1-3-6(4-13)12-18(16,17)8-5(2)10-11-7(8)9(14)15/h6,12-13H,3-4H2,1-2H3,(H,10,11)(H,14,15)/t6-/m1/s1. The van der Waals surface area contributed by atoms with Gasteiger partial charge in [-0.05, 0) is 13.3 Å². The first-order chi connectivity index (χ1) is 8.33. The fourth-order valence-corrected chi connectivity index (χ4v) is 3.05. The minimum atomic E-state index is -4.03. The monoisotopic (exact) mass is 277 g/mol. The van der Waals surface area contributed by atoms with Crippen LogP contribution in [-0.2, 0) is 10.0 Å². The van der Waals surface area contributed by atoms with Gasteiger partial charge in [-0.1, -0.05) is 6.92 Å². The zero-order valence-corrected chi connectivity index (χ0v) is 10.8. The molecule has 0 aliphatic heterocycles. The molecule has 0 amide bonds. The average molecular weight is 277 g/mol. The van der Waals surface area contributed by atoms with Crippen molar-refractivity contribution in [3.05, 3.63) is 11.4 Å². The number of hydrogen-bond acceptors (Lipinski definition) is 5. The lowest BCUT2D eigenvalue weighted by Gasteiger charge is -2.14. The lowest BCUT2D eigenvalue weighted by atomic mass is 10.3. The topological polar surface area (TPSA) is 132 Å². The maximum absolute atomic E-state index is 12.0. The first-order valence-electron chi connectivity index (χ1n) is 5.25. The number of aryl methyl sites for hydroxylation is 1. The van der Waals surface area contributed by atoms with Crippen LogP contribution in [0.4, 0.5) is 0 Å². The third-order valence-corrected chi connectivity index (χ3v) is 4.08. The Balaban J connectivity index is 3.20. The highest BCUT2D eigenvalue weighted by molar-refractivity contribution is 7.89. The van der Waals surface area contributed by atoms with Crippen LogP contribution in [0.2, 0.25) is 0 Å². The zero-order chi connectivity index (χ0) is 13.9. The van der Waals surface area contributed by atoms with Crippen LogP contribution >= 0.6 is 0 Å². The Morgan fingerprint density at radius 1 is 1.56 bits per heavy atom. The summed E-state index contributed by atoms with van der Waals surface area (Å²) in [6.45, 7) is 2.74. The molecular formula is C9H15N3O5S. The van der Waals surface area contributed by atoms with Gasteiger partial charge in [0.2, 0.25) is 10.0 Å². The number of nitrogens with zero attached hydrogens (tertiary/aromatic N) is 1. The molecule has 0 saturated heterocycles. The normalized spacial score (nSPS) is 13.5. The van der Waals surface area contributed by atoms with Gasteiger partial charge in [0.25, 0.3) is 0 Å². The molecule has 1 heterocycles. The van der Waals surface area contributed by atoms with E-state index < -0.39 is 32.6 Å². The molecule has 8 nitrogen and oxygen atoms in total. The second-order valence-corrected chi connectivity index (χ2v) is 5.39. The molecule has 4 N–H and O–H groups in total.